The van der Waals surface area contributed by atoms with E-state index >= 15 is 0 Å². The molecule has 0 fully saturated rings. The van der Waals surface area contributed by atoms with E-state index in [1.165, 1.54) is 25.7 Å². The van der Waals surface area contributed by atoms with E-state index in [-0.39, 0.29) is 5.91 Å². The lowest BCUT2D eigenvalue weighted by atomic mass is 10.1. The van der Waals surface area contributed by atoms with Gasteiger partial charge in [-0.15, -0.1) is 0 Å². The van der Waals surface area contributed by atoms with E-state index in [0.717, 1.165) is 22.5 Å². The summed E-state index contributed by atoms with van der Waals surface area (Å²) in [6.07, 6.45) is 7.32. The van der Waals surface area contributed by atoms with Crippen LogP contribution < -0.4 is 9.62 Å². The lowest BCUT2D eigenvalue weighted by Crippen LogP contribution is -2.26. The summed E-state index contributed by atoms with van der Waals surface area (Å²) in [7, 11) is -1.07. The molecular formula is C31H44ClN3O2S. The van der Waals surface area contributed by atoms with Crippen molar-refractivity contribution in [3.8, 4) is 11.3 Å². The van der Waals surface area contributed by atoms with Crippen molar-refractivity contribution in [3.05, 3.63) is 76.9 Å². The highest BCUT2D eigenvalue weighted by Crippen LogP contribution is 2.29. The molecule has 208 valence electrons. The number of amides is 1. The minimum Gasteiger partial charge on any atom is -0.322 e. The lowest BCUT2D eigenvalue weighted by molar-refractivity contribution is 0.102. The predicted octanol–water partition coefficient (Wildman–Crippen LogP) is 9.09. The molecule has 0 aliphatic carbocycles. The largest absolute Gasteiger partial charge is 0.322 e. The maximum absolute atomic E-state index is 12.7. The number of halogens is 1. The first kappa shape index (κ1) is 33.3. The number of anilines is 2. The Morgan fingerprint density at radius 1 is 0.947 bits per heavy atom. The molecule has 3 aromatic rings. The van der Waals surface area contributed by atoms with Gasteiger partial charge in [-0.2, -0.15) is 0 Å². The fourth-order valence-electron chi connectivity index (χ4n) is 3.51. The second kappa shape index (κ2) is 18.5. The normalized spacial score (nSPS) is 10.8. The maximum Gasteiger partial charge on any atom is 0.255 e. The smallest absolute Gasteiger partial charge is 0.255 e. The zero-order valence-corrected chi connectivity index (χ0v) is 25.6. The summed E-state index contributed by atoms with van der Waals surface area (Å²) in [5.74, 6) is 0.316. The van der Waals surface area contributed by atoms with Gasteiger partial charge in [0, 0.05) is 41.0 Å². The van der Waals surface area contributed by atoms with Crippen molar-refractivity contribution in [2.24, 2.45) is 0 Å². The molecule has 0 saturated heterocycles. The summed E-state index contributed by atoms with van der Waals surface area (Å²) in [6, 6.07) is 16.3. The number of unbranched alkanes of at least 4 members (excludes halogenated alkanes) is 3. The van der Waals surface area contributed by atoms with E-state index in [1.54, 1.807) is 30.5 Å². The van der Waals surface area contributed by atoms with Crippen molar-refractivity contribution < 1.29 is 9.00 Å². The Labute approximate surface area is 237 Å². The van der Waals surface area contributed by atoms with Crippen LogP contribution >= 0.6 is 11.6 Å². The molecule has 0 bridgehead atoms. The van der Waals surface area contributed by atoms with Gasteiger partial charge in [0.15, 0.2) is 0 Å². The van der Waals surface area contributed by atoms with Crippen molar-refractivity contribution >= 4 is 39.9 Å². The monoisotopic (exact) mass is 557 g/mol. The van der Waals surface area contributed by atoms with Gasteiger partial charge in [0.1, 0.15) is 11.0 Å². The summed E-state index contributed by atoms with van der Waals surface area (Å²) >= 11 is 6.34. The molecule has 1 atom stereocenters. The molecule has 0 spiro atoms. The number of carbonyl (C=O) groups is 1. The Hall–Kier alpha value is -2.70. The summed E-state index contributed by atoms with van der Waals surface area (Å²) in [4.78, 5) is 17.1. The van der Waals surface area contributed by atoms with E-state index in [4.69, 9.17) is 11.6 Å². The summed E-state index contributed by atoms with van der Waals surface area (Å²) < 4.78 is 13.9. The van der Waals surface area contributed by atoms with E-state index in [2.05, 4.69) is 24.1 Å². The van der Waals surface area contributed by atoms with Gasteiger partial charge in [0.2, 0.25) is 0 Å². The number of benzene rings is 2. The highest BCUT2D eigenvalue weighted by atomic mass is 35.5. The first-order valence-corrected chi connectivity index (χ1v) is 15.3. The molecule has 1 unspecified atom stereocenters. The van der Waals surface area contributed by atoms with Gasteiger partial charge in [-0.25, -0.2) is 4.21 Å². The van der Waals surface area contributed by atoms with Crippen molar-refractivity contribution in [2.45, 2.75) is 74.1 Å². The first-order valence-electron chi connectivity index (χ1n) is 13.6. The second-order valence-corrected chi connectivity index (χ2v) is 10.5. The van der Waals surface area contributed by atoms with Crippen molar-refractivity contribution in [1.82, 2.24) is 4.98 Å². The van der Waals surface area contributed by atoms with Gasteiger partial charge in [-0.05, 0) is 67.9 Å². The van der Waals surface area contributed by atoms with E-state index in [0.29, 0.717) is 28.6 Å². The lowest BCUT2D eigenvalue weighted by Gasteiger charge is -2.21. The molecule has 1 aromatic heterocycles. The molecule has 3 rings (SSSR count). The second-order valence-electron chi connectivity index (χ2n) is 8.43. The van der Waals surface area contributed by atoms with Gasteiger partial charge in [-0.3, -0.25) is 14.1 Å². The zero-order valence-electron chi connectivity index (χ0n) is 24.0. The third-order valence-electron chi connectivity index (χ3n) is 5.57. The molecule has 1 N–H and O–H groups in total. The summed E-state index contributed by atoms with van der Waals surface area (Å²) in [5, 5.41) is 3.47. The van der Waals surface area contributed by atoms with Crippen LogP contribution in [0.5, 0.6) is 0 Å². The Morgan fingerprint density at radius 3 is 2.08 bits per heavy atom. The predicted molar refractivity (Wildman–Crippen MR) is 167 cm³/mol. The van der Waals surface area contributed by atoms with Crippen LogP contribution in [-0.4, -0.2) is 27.4 Å². The fourth-order valence-corrected chi connectivity index (χ4v) is 4.68. The number of aromatic nitrogens is 1. The highest BCUT2D eigenvalue weighted by molar-refractivity contribution is 7.86. The van der Waals surface area contributed by atoms with Crippen LogP contribution in [0.4, 0.5) is 11.4 Å². The number of nitrogens with zero attached hydrogens (tertiary/aromatic N) is 2. The molecule has 0 aliphatic rings. The SMILES string of the molecule is CC.CCCCCC.CCN(c1ccc(C(=O)Nc2ccc(Cl)c(-c3ccc(C)cn3)c2)cc1)S(=O)CC. The molecule has 38 heavy (non-hydrogen) atoms. The molecule has 1 heterocycles. The molecule has 0 aliphatic heterocycles. The minimum atomic E-state index is -1.07. The van der Waals surface area contributed by atoms with Crippen LogP contribution in [0.25, 0.3) is 11.3 Å². The Morgan fingerprint density at radius 2 is 1.58 bits per heavy atom. The number of aryl methyl sites for hydroxylation is 1. The molecule has 5 nitrogen and oxygen atoms in total. The Kier molecular flexibility index (Phi) is 16.3. The average Bonchev–Trinajstić information content (AvgIpc) is 2.95. The molecule has 1 amide bonds. The topological polar surface area (TPSA) is 62.3 Å². The highest BCUT2D eigenvalue weighted by Gasteiger charge is 2.13. The molecule has 0 saturated carbocycles. The first-order chi connectivity index (χ1) is 18.3. The van der Waals surface area contributed by atoms with Crippen LogP contribution in [0, 0.1) is 6.92 Å². The zero-order chi connectivity index (χ0) is 28.5. The van der Waals surface area contributed by atoms with Crippen molar-refractivity contribution in [1.29, 1.82) is 0 Å². The average molecular weight is 558 g/mol. The van der Waals surface area contributed by atoms with Gasteiger partial charge >= 0.3 is 0 Å². The third-order valence-corrected chi connectivity index (χ3v) is 7.35. The van der Waals surface area contributed by atoms with Crippen molar-refractivity contribution in [2.75, 3.05) is 21.9 Å². The van der Waals surface area contributed by atoms with E-state index in [1.807, 2.05) is 69.3 Å². The fraction of sp³-hybridized carbons (Fsp3) is 0.419. The maximum atomic E-state index is 12.7. The number of pyridine rings is 1. The van der Waals surface area contributed by atoms with Gasteiger partial charge in [0.25, 0.3) is 5.91 Å². The van der Waals surface area contributed by atoms with E-state index in [9.17, 15) is 9.00 Å². The standard InChI is InChI=1S/C23H24ClN3O2S.C6H14.C2H6/c1-4-27(30(29)5-2)19-10-7-17(8-11-19)23(28)26-18-9-12-21(24)20(14-18)22-13-6-16(3)15-25-22;1-3-5-6-4-2;1-2/h6-15H,4-5H2,1-3H3,(H,26,28);3-6H2,1-2H3;1-2H3. The summed E-state index contributed by atoms with van der Waals surface area (Å²) in [5.41, 5.74) is 4.54. The van der Waals surface area contributed by atoms with Crippen LogP contribution in [0.3, 0.4) is 0 Å². The minimum absolute atomic E-state index is 0.230. The quantitative estimate of drug-likeness (QED) is 0.253. The number of nitrogens with one attached hydrogen (secondary N) is 1. The van der Waals surface area contributed by atoms with Gasteiger partial charge in [-0.1, -0.05) is 78.0 Å². The Balaban J connectivity index is 0.000000795. The molecule has 0 radical (unpaired) electrons. The number of hydrogen-bond donors (Lipinski definition) is 1. The van der Waals surface area contributed by atoms with E-state index < -0.39 is 11.0 Å². The Bertz CT molecular complexity index is 1110. The van der Waals surface area contributed by atoms with Crippen LogP contribution in [0.1, 0.15) is 83.1 Å². The summed E-state index contributed by atoms with van der Waals surface area (Å²) in [6.45, 7) is 14.9. The number of hydrogen-bond acceptors (Lipinski definition) is 3. The van der Waals surface area contributed by atoms with Crippen LogP contribution in [0.15, 0.2) is 60.8 Å². The van der Waals surface area contributed by atoms with Gasteiger partial charge in [0.05, 0.1) is 10.7 Å². The third kappa shape index (κ3) is 10.6. The van der Waals surface area contributed by atoms with Crippen LogP contribution in [0.2, 0.25) is 5.02 Å². The molecular weight excluding hydrogens is 514 g/mol. The number of rotatable bonds is 10. The van der Waals surface area contributed by atoms with Crippen LogP contribution in [-0.2, 0) is 11.0 Å². The molecule has 2 aromatic carbocycles. The van der Waals surface area contributed by atoms with Gasteiger partial charge < -0.3 is 5.32 Å². The van der Waals surface area contributed by atoms with Crippen molar-refractivity contribution in [3.63, 3.8) is 0 Å². The number of carbonyl (C=O) groups excluding carboxylic acids is 1. The molecule has 7 heteroatoms.